The molecule has 0 aliphatic heterocycles. The van der Waals surface area contributed by atoms with E-state index in [1.54, 1.807) is 36.4 Å². The van der Waals surface area contributed by atoms with E-state index in [0.29, 0.717) is 16.7 Å². The predicted octanol–water partition coefficient (Wildman–Crippen LogP) is 2.78. The summed E-state index contributed by atoms with van der Waals surface area (Å²) in [6.07, 6.45) is 0.910. The maximum atomic E-state index is 12.0. The van der Waals surface area contributed by atoms with Gasteiger partial charge in [0.25, 0.3) is 0 Å². The van der Waals surface area contributed by atoms with Crippen LogP contribution in [0.2, 0.25) is 0 Å². The molecular formula is C18H18O4. The van der Waals surface area contributed by atoms with Crippen LogP contribution in [0.25, 0.3) is 0 Å². The molecule has 0 fully saturated rings. The summed E-state index contributed by atoms with van der Waals surface area (Å²) in [5.41, 5.74) is 2.74. The normalized spacial score (nSPS) is 10.3. The highest BCUT2D eigenvalue weighted by Gasteiger charge is 2.11. The lowest BCUT2D eigenvalue weighted by atomic mass is 10.1. The van der Waals surface area contributed by atoms with E-state index >= 15 is 0 Å². The van der Waals surface area contributed by atoms with Crippen molar-refractivity contribution in [2.75, 3.05) is 6.61 Å². The molecule has 0 unspecified atom stereocenters. The largest absolute Gasteiger partial charge is 0.454 e. The molecule has 4 nitrogen and oxygen atoms in total. The topological polar surface area (TPSA) is 63.6 Å². The van der Waals surface area contributed by atoms with Crippen molar-refractivity contribution in [2.24, 2.45) is 0 Å². The standard InChI is InChI=1S/C18H18O4/c1-2-13-3-7-15(8-4-13)17(20)12-22-18(21)16-9-5-14(11-19)6-10-16/h3-10,19H,2,11-12H2,1H3. The van der Waals surface area contributed by atoms with Gasteiger partial charge in [-0.1, -0.05) is 43.3 Å². The first kappa shape index (κ1) is 15.9. The summed E-state index contributed by atoms with van der Waals surface area (Å²) in [5, 5.41) is 8.95. The van der Waals surface area contributed by atoms with Crippen LogP contribution in [0.3, 0.4) is 0 Å². The van der Waals surface area contributed by atoms with E-state index in [1.807, 2.05) is 19.1 Å². The maximum absolute atomic E-state index is 12.0. The number of aliphatic hydroxyl groups excluding tert-OH is 1. The number of aliphatic hydroxyl groups is 1. The second-order valence-electron chi connectivity index (χ2n) is 4.90. The fraction of sp³-hybridized carbons (Fsp3) is 0.222. The van der Waals surface area contributed by atoms with Crippen molar-refractivity contribution in [3.05, 3.63) is 70.8 Å². The van der Waals surface area contributed by atoms with Crippen molar-refractivity contribution < 1.29 is 19.4 Å². The molecule has 0 spiro atoms. The van der Waals surface area contributed by atoms with Crippen molar-refractivity contribution in [2.45, 2.75) is 20.0 Å². The van der Waals surface area contributed by atoms with Gasteiger partial charge in [-0.05, 0) is 29.7 Å². The van der Waals surface area contributed by atoms with Crippen LogP contribution >= 0.6 is 0 Å². The predicted molar refractivity (Wildman–Crippen MR) is 82.8 cm³/mol. The van der Waals surface area contributed by atoms with Crippen LogP contribution in [0, 0.1) is 0 Å². The highest BCUT2D eigenvalue weighted by molar-refractivity contribution is 5.99. The minimum atomic E-state index is -0.553. The van der Waals surface area contributed by atoms with Gasteiger partial charge in [0, 0.05) is 5.56 Å². The summed E-state index contributed by atoms with van der Waals surface area (Å²) in [7, 11) is 0. The van der Waals surface area contributed by atoms with Crippen molar-refractivity contribution in [3.8, 4) is 0 Å². The second-order valence-corrected chi connectivity index (χ2v) is 4.90. The molecule has 4 heteroatoms. The summed E-state index contributed by atoms with van der Waals surface area (Å²) in [5.74, 6) is -0.786. The summed E-state index contributed by atoms with van der Waals surface area (Å²) >= 11 is 0. The zero-order valence-corrected chi connectivity index (χ0v) is 12.4. The van der Waals surface area contributed by atoms with Crippen molar-refractivity contribution in [3.63, 3.8) is 0 Å². The molecule has 2 aromatic rings. The van der Waals surface area contributed by atoms with Crippen molar-refractivity contribution >= 4 is 11.8 Å². The Morgan fingerprint density at radius 1 is 0.909 bits per heavy atom. The Hall–Kier alpha value is -2.46. The molecule has 114 valence electrons. The number of hydrogen-bond acceptors (Lipinski definition) is 4. The van der Waals surface area contributed by atoms with Gasteiger partial charge >= 0.3 is 5.97 Å². The summed E-state index contributed by atoms with van der Waals surface area (Å²) in [6, 6.07) is 13.7. The second kappa shape index (κ2) is 7.52. The van der Waals surface area contributed by atoms with Crippen LogP contribution < -0.4 is 0 Å². The highest BCUT2D eigenvalue weighted by Crippen LogP contribution is 2.08. The molecule has 1 N–H and O–H groups in total. The van der Waals surface area contributed by atoms with Crippen LogP contribution in [0.4, 0.5) is 0 Å². The third-order valence-corrected chi connectivity index (χ3v) is 3.39. The molecule has 0 aromatic heterocycles. The molecule has 0 atom stereocenters. The number of carbonyl (C=O) groups is 2. The minimum Gasteiger partial charge on any atom is -0.454 e. The van der Waals surface area contributed by atoms with Gasteiger partial charge in [-0.25, -0.2) is 4.79 Å². The molecule has 0 amide bonds. The molecule has 0 aliphatic carbocycles. The van der Waals surface area contributed by atoms with Crippen LogP contribution in [0.1, 0.15) is 38.8 Å². The Kier molecular flexibility index (Phi) is 5.44. The number of rotatable bonds is 6. The number of carbonyl (C=O) groups excluding carboxylic acids is 2. The molecule has 0 aliphatic rings. The van der Waals surface area contributed by atoms with Crippen molar-refractivity contribution in [1.29, 1.82) is 0 Å². The fourth-order valence-corrected chi connectivity index (χ4v) is 1.97. The monoisotopic (exact) mass is 298 g/mol. The number of ether oxygens (including phenoxy) is 1. The molecule has 2 aromatic carbocycles. The van der Waals surface area contributed by atoms with Gasteiger partial charge in [0.2, 0.25) is 0 Å². The van der Waals surface area contributed by atoms with Gasteiger partial charge in [-0.15, -0.1) is 0 Å². The van der Waals surface area contributed by atoms with Crippen LogP contribution in [0.5, 0.6) is 0 Å². The van der Waals surface area contributed by atoms with E-state index in [0.717, 1.165) is 12.0 Å². The summed E-state index contributed by atoms with van der Waals surface area (Å²) < 4.78 is 5.02. The Labute approximate surface area is 129 Å². The Morgan fingerprint density at radius 3 is 2.00 bits per heavy atom. The average molecular weight is 298 g/mol. The molecule has 2 rings (SSSR count). The smallest absolute Gasteiger partial charge is 0.338 e. The summed E-state index contributed by atoms with van der Waals surface area (Å²) in [4.78, 5) is 23.8. The third kappa shape index (κ3) is 4.02. The first-order valence-electron chi connectivity index (χ1n) is 7.13. The number of esters is 1. The number of hydrogen-bond donors (Lipinski definition) is 1. The fourth-order valence-electron chi connectivity index (χ4n) is 1.97. The van der Waals surface area contributed by atoms with Gasteiger partial charge in [0.05, 0.1) is 12.2 Å². The van der Waals surface area contributed by atoms with E-state index in [1.165, 1.54) is 0 Å². The van der Waals surface area contributed by atoms with E-state index in [4.69, 9.17) is 9.84 Å². The van der Waals surface area contributed by atoms with E-state index < -0.39 is 5.97 Å². The molecular weight excluding hydrogens is 280 g/mol. The lowest BCUT2D eigenvalue weighted by Gasteiger charge is -2.05. The molecule has 0 saturated heterocycles. The van der Waals surface area contributed by atoms with Gasteiger partial charge < -0.3 is 9.84 Å². The first-order chi connectivity index (χ1) is 10.6. The summed E-state index contributed by atoms with van der Waals surface area (Å²) in [6.45, 7) is 1.67. The number of Topliss-reactive ketones (excluding diaryl/α,β-unsaturated/α-hetero) is 1. The van der Waals surface area contributed by atoms with E-state index in [2.05, 4.69) is 0 Å². The van der Waals surface area contributed by atoms with Gasteiger partial charge in [0.1, 0.15) is 0 Å². The zero-order valence-electron chi connectivity index (χ0n) is 12.4. The molecule has 0 saturated carbocycles. The molecule has 0 heterocycles. The first-order valence-corrected chi connectivity index (χ1v) is 7.13. The Balaban J connectivity index is 1.92. The molecule has 0 radical (unpaired) electrons. The Bertz CT molecular complexity index is 582. The maximum Gasteiger partial charge on any atom is 0.338 e. The lowest BCUT2D eigenvalue weighted by molar-refractivity contribution is 0.0474. The van der Waals surface area contributed by atoms with Gasteiger partial charge in [-0.3, -0.25) is 4.79 Å². The Morgan fingerprint density at radius 2 is 1.45 bits per heavy atom. The van der Waals surface area contributed by atoms with E-state index in [9.17, 15) is 9.59 Å². The average Bonchev–Trinajstić information content (AvgIpc) is 2.59. The SMILES string of the molecule is CCc1ccc(C(=O)COC(=O)c2ccc(CO)cc2)cc1. The van der Waals surface area contributed by atoms with Gasteiger partial charge in [-0.2, -0.15) is 0 Å². The quantitative estimate of drug-likeness (QED) is 0.658. The van der Waals surface area contributed by atoms with Gasteiger partial charge in [0.15, 0.2) is 12.4 Å². The lowest BCUT2D eigenvalue weighted by Crippen LogP contribution is -2.14. The number of benzene rings is 2. The van der Waals surface area contributed by atoms with Crippen LogP contribution in [-0.4, -0.2) is 23.5 Å². The van der Waals surface area contributed by atoms with Crippen LogP contribution in [-0.2, 0) is 17.8 Å². The van der Waals surface area contributed by atoms with Crippen molar-refractivity contribution in [1.82, 2.24) is 0 Å². The zero-order chi connectivity index (χ0) is 15.9. The number of aryl methyl sites for hydroxylation is 1. The van der Waals surface area contributed by atoms with E-state index in [-0.39, 0.29) is 19.0 Å². The molecule has 0 bridgehead atoms. The highest BCUT2D eigenvalue weighted by atomic mass is 16.5. The van der Waals surface area contributed by atoms with Crippen LogP contribution in [0.15, 0.2) is 48.5 Å². The molecule has 22 heavy (non-hydrogen) atoms. The number of ketones is 1. The third-order valence-electron chi connectivity index (χ3n) is 3.39. The minimum absolute atomic E-state index is 0.0818.